The lowest BCUT2D eigenvalue weighted by atomic mass is 10.0. The van der Waals surface area contributed by atoms with Gasteiger partial charge in [0.15, 0.2) is 0 Å². The van der Waals surface area contributed by atoms with Crippen LogP contribution >= 0.6 is 24.8 Å². The molecule has 29 heavy (non-hydrogen) atoms. The first-order valence-corrected chi connectivity index (χ1v) is 9.42. The number of carbonyl (C=O) groups is 1. The van der Waals surface area contributed by atoms with Crippen molar-refractivity contribution >= 4 is 42.1 Å². The van der Waals surface area contributed by atoms with Crippen LogP contribution in [0.15, 0.2) is 54.9 Å². The fourth-order valence-corrected chi connectivity index (χ4v) is 3.40. The van der Waals surface area contributed by atoms with Crippen molar-refractivity contribution in [1.82, 2.24) is 14.7 Å². The predicted octanol–water partition coefficient (Wildman–Crippen LogP) is 4.09. The summed E-state index contributed by atoms with van der Waals surface area (Å²) in [6.45, 7) is 2.48. The Morgan fingerprint density at radius 1 is 1.24 bits per heavy atom. The number of benzene rings is 1. The highest BCUT2D eigenvalue weighted by molar-refractivity contribution is 5.90. The van der Waals surface area contributed by atoms with Crippen LogP contribution in [0.4, 0.5) is 5.69 Å². The van der Waals surface area contributed by atoms with Crippen molar-refractivity contribution in [3.8, 4) is 5.75 Å². The van der Waals surface area contributed by atoms with Crippen molar-refractivity contribution in [3.05, 3.63) is 60.6 Å². The molecule has 1 aliphatic rings. The van der Waals surface area contributed by atoms with Crippen LogP contribution in [0, 0.1) is 5.92 Å². The van der Waals surface area contributed by atoms with Crippen LogP contribution in [-0.4, -0.2) is 28.4 Å². The van der Waals surface area contributed by atoms with E-state index in [2.05, 4.69) is 15.6 Å². The van der Waals surface area contributed by atoms with E-state index >= 15 is 0 Å². The van der Waals surface area contributed by atoms with Crippen molar-refractivity contribution in [3.63, 3.8) is 0 Å². The standard InChI is InChI=1S/C21H24N4O2.2ClH/c26-21(8-7-16-9-10-22-13-16)24-17-4-3-5-19(12-17)27-15-18-14-25-11-2-1-6-20(25)23-18;;/h1-6,11-12,14,16,22H,7-10,13,15H2,(H,24,26);2*1H. The van der Waals surface area contributed by atoms with Gasteiger partial charge in [-0.3, -0.25) is 4.79 Å². The average molecular weight is 437 g/mol. The maximum absolute atomic E-state index is 12.2. The first-order chi connectivity index (χ1) is 13.3. The smallest absolute Gasteiger partial charge is 0.224 e. The average Bonchev–Trinajstić information content (AvgIpc) is 3.34. The lowest BCUT2D eigenvalue weighted by Crippen LogP contribution is -2.15. The van der Waals surface area contributed by atoms with E-state index in [1.54, 1.807) is 0 Å². The predicted molar refractivity (Wildman–Crippen MR) is 119 cm³/mol. The maximum Gasteiger partial charge on any atom is 0.224 e. The molecule has 1 fully saturated rings. The molecule has 2 N–H and O–H groups in total. The van der Waals surface area contributed by atoms with E-state index < -0.39 is 0 Å². The molecule has 0 radical (unpaired) electrons. The molecule has 1 aromatic carbocycles. The van der Waals surface area contributed by atoms with Gasteiger partial charge in [-0.25, -0.2) is 4.98 Å². The molecule has 0 saturated carbocycles. The summed E-state index contributed by atoms with van der Waals surface area (Å²) in [7, 11) is 0. The van der Waals surface area contributed by atoms with Gasteiger partial charge in [-0.2, -0.15) is 0 Å². The molecule has 1 unspecified atom stereocenters. The number of ether oxygens (including phenoxy) is 1. The topological polar surface area (TPSA) is 67.7 Å². The summed E-state index contributed by atoms with van der Waals surface area (Å²) >= 11 is 0. The number of rotatable bonds is 7. The number of imidazole rings is 1. The minimum atomic E-state index is 0. The van der Waals surface area contributed by atoms with Gasteiger partial charge < -0.3 is 19.8 Å². The number of fused-ring (bicyclic) bond motifs is 1. The van der Waals surface area contributed by atoms with Gasteiger partial charge in [0.2, 0.25) is 5.91 Å². The molecule has 0 aliphatic carbocycles. The molecule has 6 nitrogen and oxygen atoms in total. The minimum Gasteiger partial charge on any atom is -0.487 e. The van der Waals surface area contributed by atoms with Gasteiger partial charge in [-0.05, 0) is 56.1 Å². The molecule has 2 aromatic heterocycles. The van der Waals surface area contributed by atoms with Crippen molar-refractivity contribution in [2.24, 2.45) is 5.92 Å². The molecule has 1 amide bonds. The second kappa shape index (κ2) is 11.0. The van der Waals surface area contributed by atoms with Gasteiger partial charge in [-0.15, -0.1) is 24.8 Å². The largest absolute Gasteiger partial charge is 0.487 e. The van der Waals surface area contributed by atoms with Crippen LogP contribution in [0.5, 0.6) is 5.75 Å². The quantitative estimate of drug-likeness (QED) is 0.585. The summed E-state index contributed by atoms with van der Waals surface area (Å²) in [4.78, 5) is 16.7. The van der Waals surface area contributed by atoms with Gasteiger partial charge in [0, 0.05) is 30.6 Å². The Hall–Kier alpha value is -2.28. The number of pyridine rings is 1. The Morgan fingerprint density at radius 3 is 2.93 bits per heavy atom. The Kier molecular flexibility index (Phi) is 8.76. The Morgan fingerprint density at radius 2 is 2.14 bits per heavy atom. The molecule has 3 aromatic rings. The third-order valence-corrected chi connectivity index (χ3v) is 4.86. The minimum absolute atomic E-state index is 0. The summed E-state index contributed by atoms with van der Waals surface area (Å²) in [6.07, 6.45) is 6.57. The van der Waals surface area contributed by atoms with Gasteiger partial charge in [-0.1, -0.05) is 12.1 Å². The van der Waals surface area contributed by atoms with Gasteiger partial charge >= 0.3 is 0 Å². The number of hydrogen-bond acceptors (Lipinski definition) is 4. The van der Waals surface area contributed by atoms with E-state index in [-0.39, 0.29) is 30.7 Å². The van der Waals surface area contributed by atoms with E-state index in [0.717, 1.165) is 36.5 Å². The summed E-state index contributed by atoms with van der Waals surface area (Å²) in [6, 6.07) is 13.4. The van der Waals surface area contributed by atoms with E-state index in [9.17, 15) is 4.79 Å². The van der Waals surface area contributed by atoms with E-state index in [4.69, 9.17) is 4.74 Å². The first kappa shape index (κ1) is 23.0. The van der Waals surface area contributed by atoms with Gasteiger partial charge in [0.25, 0.3) is 0 Å². The van der Waals surface area contributed by atoms with Crippen LogP contribution in [0.25, 0.3) is 5.65 Å². The Balaban J connectivity index is 0.00000150. The van der Waals surface area contributed by atoms with Crippen molar-refractivity contribution in [2.75, 3.05) is 18.4 Å². The lowest BCUT2D eigenvalue weighted by molar-refractivity contribution is -0.116. The summed E-state index contributed by atoms with van der Waals surface area (Å²) < 4.78 is 7.82. The highest BCUT2D eigenvalue weighted by atomic mass is 35.5. The van der Waals surface area contributed by atoms with E-state index in [1.165, 1.54) is 6.42 Å². The van der Waals surface area contributed by atoms with Gasteiger partial charge in [0.05, 0.1) is 5.69 Å². The van der Waals surface area contributed by atoms with Crippen molar-refractivity contribution < 1.29 is 9.53 Å². The van der Waals surface area contributed by atoms with Gasteiger partial charge in [0.1, 0.15) is 18.0 Å². The first-order valence-electron chi connectivity index (χ1n) is 9.42. The normalized spacial score (nSPS) is 15.4. The molecule has 0 spiro atoms. The third-order valence-electron chi connectivity index (χ3n) is 4.86. The molecule has 156 valence electrons. The monoisotopic (exact) mass is 436 g/mol. The number of anilines is 1. The number of amides is 1. The zero-order valence-corrected chi connectivity index (χ0v) is 17.7. The zero-order valence-electron chi connectivity index (χ0n) is 16.0. The zero-order chi connectivity index (χ0) is 18.5. The number of nitrogens with zero attached hydrogens (tertiary/aromatic N) is 2. The highest BCUT2D eigenvalue weighted by Crippen LogP contribution is 2.20. The number of halogens is 2. The number of aromatic nitrogens is 2. The highest BCUT2D eigenvalue weighted by Gasteiger charge is 2.15. The van der Waals surface area contributed by atoms with Crippen LogP contribution in [0.2, 0.25) is 0 Å². The lowest BCUT2D eigenvalue weighted by Gasteiger charge is -2.10. The second-order valence-corrected chi connectivity index (χ2v) is 6.96. The Bertz CT molecular complexity index is 893. The SMILES string of the molecule is Cl.Cl.O=C(CCC1CCNC1)Nc1cccc(OCc2cn3ccccc3n2)c1. The maximum atomic E-state index is 12.2. The number of carbonyl (C=O) groups excluding carboxylic acids is 1. The van der Waals surface area contributed by atoms with Crippen LogP contribution in [0.1, 0.15) is 25.0 Å². The second-order valence-electron chi connectivity index (χ2n) is 6.96. The molecule has 0 bridgehead atoms. The number of nitrogens with one attached hydrogen (secondary N) is 2. The van der Waals surface area contributed by atoms with Crippen molar-refractivity contribution in [2.45, 2.75) is 25.9 Å². The van der Waals surface area contributed by atoms with Crippen molar-refractivity contribution in [1.29, 1.82) is 0 Å². The molecule has 1 atom stereocenters. The molecular weight excluding hydrogens is 411 g/mol. The van der Waals surface area contributed by atoms with Crippen LogP contribution in [0.3, 0.4) is 0 Å². The molecule has 1 aliphatic heterocycles. The van der Waals surface area contributed by atoms with Crippen LogP contribution < -0.4 is 15.4 Å². The third kappa shape index (κ3) is 6.35. The summed E-state index contributed by atoms with van der Waals surface area (Å²) in [5, 5.41) is 6.30. The number of hydrogen-bond donors (Lipinski definition) is 2. The van der Waals surface area contributed by atoms with E-state index in [1.807, 2.05) is 59.3 Å². The summed E-state index contributed by atoms with van der Waals surface area (Å²) in [5.74, 6) is 1.39. The van der Waals surface area contributed by atoms with E-state index in [0.29, 0.717) is 24.7 Å². The molecule has 1 saturated heterocycles. The fourth-order valence-electron chi connectivity index (χ4n) is 3.40. The molecular formula is C21H26Cl2N4O2. The molecule has 3 heterocycles. The molecule has 4 rings (SSSR count). The summed E-state index contributed by atoms with van der Waals surface area (Å²) in [5.41, 5.74) is 2.52. The van der Waals surface area contributed by atoms with Crippen LogP contribution in [-0.2, 0) is 11.4 Å². The molecule has 8 heteroatoms. The Labute approximate surface area is 182 Å². The fraction of sp³-hybridized carbons (Fsp3) is 0.333.